The van der Waals surface area contributed by atoms with Gasteiger partial charge in [-0.15, -0.1) is 0 Å². The van der Waals surface area contributed by atoms with Crippen molar-refractivity contribution in [3.63, 3.8) is 0 Å². The predicted octanol–water partition coefficient (Wildman–Crippen LogP) is 5.01. The van der Waals surface area contributed by atoms with Crippen LogP contribution in [0.4, 0.5) is 18.9 Å². The van der Waals surface area contributed by atoms with Crippen LogP contribution in [0.25, 0.3) is 5.70 Å². The Bertz CT molecular complexity index is 1510. The van der Waals surface area contributed by atoms with Gasteiger partial charge in [-0.25, -0.2) is 12.8 Å². The third kappa shape index (κ3) is 6.37. The molecule has 0 saturated carbocycles. The number of rotatable bonds is 6. The summed E-state index contributed by atoms with van der Waals surface area (Å²) in [4.78, 5) is 2.11. The zero-order valence-corrected chi connectivity index (χ0v) is 25.1. The summed E-state index contributed by atoms with van der Waals surface area (Å²) in [6.45, 7) is 3.33. The molecule has 0 bridgehead atoms. The first-order chi connectivity index (χ1) is 19.4. The topological polar surface area (TPSA) is 75.6 Å². The standard InChI is InChI=1S/C29H35F3N4O3S2/c1-18-14-24(34-22-10-13-35(2)17-21(22)30)26-15-19(28-36(26)25(18)9-11-29(31,32)40-28)6-5-12-33-23-8-7-20(41(4,37)38)16-27(23)39-3/h7-8,14-16,18,21-22,25,33-34H,9-13,17H2,1-4H3/t18?,21-,22+,25?/m0/s1. The van der Waals surface area contributed by atoms with Gasteiger partial charge in [-0.2, -0.15) is 8.78 Å². The van der Waals surface area contributed by atoms with Crippen LogP contribution in [0.15, 0.2) is 40.3 Å². The Kier molecular flexibility index (Phi) is 8.34. The molecule has 1 aromatic heterocycles. The molecular formula is C29H35F3N4O3S2. The minimum atomic E-state index is -3.39. The van der Waals surface area contributed by atoms with E-state index in [0.717, 1.165) is 24.2 Å². The lowest BCUT2D eigenvalue weighted by atomic mass is 9.91. The average Bonchev–Trinajstić information content (AvgIpc) is 3.16. The Morgan fingerprint density at radius 2 is 2.02 bits per heavy atom. The molecule has 0 spiro atoms. The number of benzene rings is 1. The molecular weight excluding hydrogens is 573 g/mol. The third-order valence-corrected chi connectivity index (χ3v) is 10.1. The van der Waals surface area contributed by atoms with Crippen LogP contribution >= 0.6 is 11.8 Å². The Balaban J connectivity index is 1.43. The second-order valence-corrected chi connectivity index (χ2v) is 14.2. The van der Waals surface area contributed by atoms with Crippen LogP contribution in [0.5, 0.6) is 5.75 Å². The van der Waals surface area contributed by atoms with Crippen LogP contribution in [-0.2, 0) is 9.84 Å². The van der Waals surface area contributed by atoms with Crippen molar-refractivity contribution >= 4 is 33.0 Å². The molecule has 2 N–H and O–H groups in total. The molecule has 0 radical (unpaired) electrons. The van der Waals surface area contributed by atoms with Crippen molar-refractivity contribution in [2.24, 2.45) is 5.92 Å². The molecule has 4 atom stereocenters. The summed E-state index contributed by atoms with van der Waals surface area (Å²) in [7, 11) is -0.0425. The molecule has 0 amide bonds. The normalized spacial score (nSPS) is 25.7. The van der Waals surface area contributed by atoms with E-state index in [-0.39, 0.29) is 35.9 Å². The van der Waals surface area contributed by atoms with E-state index >= 15 is 0 Å². The summed E-state index contributed by atoms with van der Waals surface area (Å²) in [5.74, 6) is 6.44. The fourth-order valence-corrected chi connectivity index (χ4v) is 7.39. The number of allylic oxidation sites excluding steroid dienone is 1. The molecule has 41 heavy (non-hydrogen) atoms. The summed E-state index contributed by atoms with van der Waals surface area (Å²) in [6, 6.07) is 5.86. The highest BCUT2D eigenvalue weighted by atomic mass is 32.2. The van der Waals surface area contributed by atoms with Crippen molar-refractivity contribution in [1.82, 2.24) is 14.8 Å². The van der Waals surface area contributed by atoms with E-state index in [1.165, 1.54) is 19.2 Å². The fourth-order valence-electron chi connectivity index (χ4n) is 5.70. The molecule has 3 aliphatic heterocycles. The number of hydrogen-bond donors (Lipinski definition) is 2. The number of halogens is 3. The summed E-state index contributed by atoms with van der Waals surface area (Å²) < 4.78 is 75.8. The monoisotopic (exact) mass is 608 g/mol. The largest absolute Gasteiger partial charge is 0.495 e. The highest BCUT2D eigenvalue weighted by Crippen LogP contribution is 2.51. The zero-order valence-electron chi connectivity index (χ0n) is 23.5. The lowest BCUT2D eigenvalue weighted by molar-refractivity contribution is 0.0885. The van der Waals surface area contributed by atoms with E-state index in [0.29, 0.717) is 53.2 Å². The van der Waals surface area contributed by atoms with Crippen molar-refractivity contribution in [2.45, 2.75) is 59.6 Å². The SMILES string of the molecule is COc1cc(S(C)(=O)=O)ccc1NCC#Cc1cc2n3c1SC(F)(F)CCC3C(C)C=C2N[C@@H]1CCN(C)C[C@@H]1F. The summed E-state index contributed by atoms with van der Waals surface area (Å²) in [5.41, 5.74) is 2.58. The number of likely N-dealkylation sites (tertiary alicyclic amines) is 1. The lowest BCUT2D eigenvalue weighted by Gasteiger charge is -2.37. The molecule has 2 unspecified atom stereocenters. The molecule has 2 aromatic rings. The number of sulfone groups is 1. The maximum Gasteiger partial charge on any atom is 0.299 e. The van der Waals surface area contributed by atoms with Gasteiger partial charge in [0, 0.05) is 37.9 Å². The quantitative estimate of drug-likeness (QED) is 0.447. The Morgan fingerprint density at radius 3 is 2.73 bits per heavy atom. The molecule has 1 saturated heterocycles. The van der Waals surface area contributed by atoms with Gasteiger partial charge in [-0.3, -0.25) is 0 Å². The molecule has 0 aliphatic carbocycles. The number of methoxy groups -OCH3 is 1. The molecule has 1 aromatic carbocycles. The van der Waals surface area contributed by atoms with Crippen LogP contribution in [0.1, 0.15) is 43.5 Å². The number of ether oxygens (including phenoxy) is 1. The van der Waals surface area contributed by atoms with E-state index in [1.807, 2.05) is 35.6 Å². The molecule has 5 rings (SSSR count). The molecule has 222 valence electrons. The van der Waals surface area contributed by atoms with Crippen molar-refractivity contribution in [1.29, 1.82) is 0 Å². The number of aromatic nitrogens is 1. The van der Waals surface area contributed by atoms with Gasteiger partial charge in [0.25, 0.3) is 5.25 Å². The number of nitrogens with zero attached hydrogens (tertiary/aromatic N) is 2. The molecule has 1 fully saturated rings. The van der Waals surface area contributed by atoms with Crippen LogP contribution in [0, 0.1) is 17.8 Å². The van der Waals surface area contributed by atoms with Crippen molar-refractivity contribution in [3.05, 3.63) is 41.6 Å². The maximum absolute atomic E-state index is 14.9. The van der Waals surface area contributed by atoms with Gasteiger partial charge < -0.3 is 24.8 Å². The Hall–Kier alpha value is -2.75. The van der Waals surface area contributed by atoms with Gasteiger partial charge in [0.15, 0.2) is 9.84 Å². The predicted molar refractivity (Wildman–Crippen MR) is 156 cm³/mol. The van der Waals surface area contributed by atoms with Crippen LogP contribution in [0.2, 0.25) is 0 Å². The molecule has 4 heterocycles. The number of nitrogens with one attached hydrogen (secondary N) is 2. The average molecular weight is 609 g/mol. The number of anilines is 1. The lowest BCUT2D eigenvalue weighted by Crippen LogP contribution is -2.49. The van der Waals surface area contributed by atoms with E-state index in [2.05, 4.69) is 22.5 Å². The molecule has 7 nitrogen and oxygen atoms in total. The van der Waals surface area contributed by atoms with Gasteiger partial charge in [0.1, 0.15) is 11.9 Å². The van der Waals surface area contributed by atoms with Crippen LogP contribution in [0.3, 0.4) is 0 Å². The minimum absolute atomic E-state index is 0.0141. The van der Waals surface area contributed by atoms with E-state index in [1.54, 1.807) is 6.07 Å². The second kappa shape index (κ2) is 11.5. The first-order valence-electron chi connectivity index (χ1n) is 13.6. The summed E-state index contributed by atoms with van der Waals surface area (Å²) in [6.07, 6.45) is 2.89. The van der Waals surface area contributed by atoms with Crippen LogP contribution < -0.4 is 15.4 Å². The molecule has 3 aliphatic rings. The van der Waals surface area contributed by atoms with E-state index in [4.69, 9.17) is 4.74 Å². The zero-order chi connectivity index (χ0) is 29.5. The fraction of sp³-hybridized carbons (Fsp3) is 0.517. The van der Waals surface area contributed by atoms with Gasteiger partial charge in [0.05, 0.1) is 52.3 Å². The van der Waals surface area contributed by atoms with Crippen LogP contribution in [-0.4, -0.2) is 75.4 Å². The number of alkyl halides is 3. The highest BCUT2D eigenvalue weighted by Gasteiger charge is 2.42. The van der Waals surface area contributed by atoms with Crippen molar-refractivity contribution < 1.29 is 26.3 Å². The first kappa shape index (κ1) is 29.7. The van der Waals surface area contributed by atoms with Gasteiger partial charge >= 0.3 is 0 Å². The van der Waals surface area contributed by atoms with Gasteiger partial charge in [0.2, 0.25) is 0 Å². The number of thioether (sulfide) groups is 1. The minimum Gasteiger partial charge on any atom is -0.495 e. The van der Waals surface area contributed by atoms with Gasteiger partial charge in [-0.05, 0) is 55.8 Å². The smallest absolute Gasteiger partial charge is 0.299 e. The Labute approximate surface area is 243 Å². The summed E-state index contributed by atoms with van der Waals surface area (Å²) in [5, 5.41) is 4.02. The number of hydrogen-bond acceptors (Lipinski definition) is 7. The third-order valence-electron chi connectivity index (χ3n) is 7.89. The van der Waals surface area contributed by atoms with E-state index < -0.39 is 21.3 Å². The maximum atomic E-state index is 14.9. The van der Waals surface area contributed by atoms with Crippen molar-refractivity contribution in [3.8, 4) is 17.6 Å². The summed E-state index contributed by atoms with van der Waals surface area (Å²) >= 11 is 0.545. The van der Waals surface area contributed by atoms with Gasteiger partial charge in [-0.1, -0.05) is 24.8 Å². The van der Waals surface area contributed by atoms with Crippen molar-refractivity contribution in [2.75, 3.05) is 45.4 Å². The first-order valence-corrected chi connectivity index (χ1v) is 16.3. The highest BCUT2D eigenvalue weighted by molar-refractivity contribution is 8.00. The second-order valence-electron chi connectivity index (χ2n) is 11.0. The molecule has 12 heteroatoms. The Morgan fingerprint density at radius 1 is 1.24 bits per heavy atom. The van der Waals surface area contributed by atoms with E-state index in [9.17, 15) is 21.6 Å². The number of piperidine rings is 1.